The van der Waals surface area contributed by atoms with Crippen molar-refractivity contribution in [2.24, 2.45) is 5.16 Å². The summed E-state index contributed by atoms with van der Waals surface area (Å²) < 4.78 is 0. The van der Waals surface area contributed by atoms with Crippen LogP contribution in [0.25, 0.3) is 0 Å². The van der Waals surface area contributed by atoms with E-state index < -0.39 is 0 Å². The Morgan fingerprint density at radius 3 is 2.10 bits per heavy atom. The van der Waals surface area contributed by atoms with Crippen LogP contribution in [0.3, 0.4) is 0 Å². The number of hydrogen-bond acceptors (Lipinski definition) is 4. The van der Waals surface area contributed by atoms with E-state index in [1.165, 1.54) is 5.56 Å². The molecular weight excluding hydrogens is 384 g/mol. The number of hydrogen-bond donors (Lipinski definition) is 0. The molecular formula is C27H26N2O2. The normalized spacial score (nSPS) is 11.2. The van der Waals surface area contributed by atoms with Crippen LogP contribution in [-0.4, -0.2) is 11.5 Å². The average Bonchev–Trinajstić information content (AvgIpc) is 2.80. The van der Waals surface area contributed by atoms with Crippen LogP contribution in [0.2, 0.25) is 0 Å². The van der Waals surface area contributed by atoms with E-state index in [1.807, 2.05) is 64.1 Å². The van der Waals surface area contributed by atoms with Gasteiger partial charge in [-0.2, -0.15) is 5.26 Å². The molecule has 0 saturated heterocycles. The van der Waals surface area contributed by atoms with E-state index in [0.29, 0.717) is 16.7 Å². The van der Waals surface area contributed by atoms with Crippen molar-refractivity contribution in [3.05, 3.63) is 105 Å². The Hall–Kier alpha value is -3.71. The number of carbonyl (C=O) groups excluding carboxylic acids is 1. The number of nitrogens with zero attached hydrogens (tertiary/aromatic N) is 2. The summed E-state index contributed by atoms with van der Waals surface area (Å²) in [4.78, 5) is 19.3. The van der Waals surface area contributed by atoms with Crippen LogP contribution in [0.4, 0.5) is 0 Å². The third kappa shape index (κ3) is 4.57. The SMILES string of the molecule is Cc1c(C)c(C)c(C(=O)C(=NOCc2cccc(C#N)c2)c2ccccc2)c(C)c1C. The number of Topliss-reactive ketones (excluding diaryl/α,β-unsaturated/α-hetero) is 1. The smallest absolute Gasteiger partial charge is 0.215 e. The van der Waals surface area contributed by atoms with E-state index in [4.69, 9.17) is 10.1 Å². The van der Waals surface area contributed by atoms with Gasteiger partial charge in [0, 0.05) is 11.1 Å². The van der Waals surface area contributed by atoms with Crippen LogP contribution in [0.15, 0.2) is 59.8 Å². The number of rotatable bonds is 6. The zero-order valence-electron chi connectivity index (χ0n) is 18.6. The summed E-state index contributed by atoms with van der Waals surface area (Å²) in [5, 5.41) is 13.3. The molecule has 0 aromatic heterocycles. The molecule has 0 amide bonds. The Bertz CT molecular complexity index is 1170. The van der Waals surface area contributed by atoms with Crippen LogP contribution >= 0.6 is 0 Å². The first kappa shape index (κ1) is 22.0. The maximum absolute atomic E-state index is 13.7. The summed E-state index contributed by atoms with van der Waals surface area (Å²) in [6, 6.07) is 18.6. The summed E-state index contributed by atoms with van der Waals surface area (Å²) in [7, 11) is 0. The van der Waals surface area contributed by atoms with Gasteiger partial charge >= 0.3 is 0 Å². The minimum absolute atomic E-state index is 0.154. The first-order valence-electron chi connectivity index (χ1n) is 10.2. The van der Waals surface area contributed by atoms with E-state index in [0.717, 1.165) is 27.8 Å². The molecule has 0 radical (unpaired) electrons. The molecule has 3 rings (SSSR count). The first-order valence-corrected chi connectivity index (χ1v) is 10.2. The van der Waals surface area contributed by atoms with Gasteiger partial charge in [0.15, 0.2) is 5.71 Å². The van der Waals surface area contributed by atoms with Crippen molar-refractivity contribution in [2.75, 3.05) is 0 Å². The number of nitriles is 1. The fraction of sp³-hybridized carbons (Fsp3) is 0.222. The summed E-state index contributed by atoms with van der Waals surface area (Å²) in [5.74, 6) is -0.154. The zero-order valence-corrected chi connectivity index (χ0v) is 18.6. The number of oxime groups is 1. The van der Waals surface area contributed by atoms with Gasteiger partial charge in [0.05, 0.1) is 11.6 Å². The van der Waals surface area contributed by atoms with Crippen molar-refractivity contribution in [2.45, 2.75) is 41.2 Å². The van der Waals surface area contributed by atoms with Crippen LogP contribution in [0, 0.1) is 45.9 Å². The van der Waals surface area contributed by atoms with E-state index >= 15 is 0 Å². The summed E-state index contributed by atoms with van der Waals surface area (Å²) in [6.07, 6.45) is 0. The Balaban J connectivity index is 2.02. The monoisotopic (exact) mass is 410 g/mol. The molecule has 0 unspecified atom stereocenters. The summed E-state index contributed by atoms with van der Waals surface area (Å²) in [5.41, 5.74) is 8.40. The van der Waals surface area contributed by atoms with E-state index in [2.05, 4.69) is 18.1 Å². The lowest BCUT2D eigenvalue weighted by Crippen LogP contribution is -2.20. The van der Waals surface area contributed by atoms with Crippen molar-refractivity contribution < 1.29 is 9.63 Å². The third-order valence-corrected chi connectivity index (χ3v) is 5.93. The first-order chi connectivity index (χ1) is 14.8. The van der Waals surface area contributed by atoms with E-state index in [9.17, 15) is 4.79 Å². The van der Waals surface area contributed by atoms with Gasteiger partial charge in [-0.1, -0.05) is 47.6 Å². The summed E-state index contributed by atoms with van der Waals surface area (Å²) >= 11 is 0. The molecule has 0 N–H and O–H groups in total. The molecule has 0 bridgehead atoms. The third-order valence-electron chi connectivity index (χ3n) is 5.93. The fourth-order valence-corrected chi connectivity index (χ4v) is 3.68. The quantitative estimate of drug-likeness (QED) is 0.288. The predicted octanol–water partition coefficient (Wildman–Crippen LogP) is 5.90. The fourth-order valence-electron chi connectivity index (χ4n) is 3.68. The van der Waals surface area contributed by atoms with Crippen molar-refractivity contribution in [3.63, 3.8) is 0 Å². The standard InChI is InChI=1S/C27H26N2O2/c1-17-18(2)20(4)25(21(5)19(17)3)27(30)26(24-12-7-6-8-13-24)29-31-16-23-11-9-10-22(14-23)15-28/h6-14H,16H2,1-5H3. The highest BCUT2D eigenvalue weighted by atomic mass is 16.6. The van der Waals surface area contributed by atoms with Gasteiger partial charge in [0.1, 0.15) is 6.61 Å². The molecule has 4 nitrogen and oxygen atoms in total. The van der Waals surface area contributed by atoms with Gasteiger partial charge < -0.3 is 4.84 Å². The molecule has 3 aromatic carbocycles. The average molecular weight is 411 g/mol. The maximum atomic E-state index is 13.7. The largest absolute Gasteiger partial charge is 0.390 e. The van der Waals surface area contributed by atoms with Crippen molar-refractivity contribution in [1.29, 1.82) is 5.26 Å². The van der Waals surface area contributed by atoms with Crippen LogP contribution in [0.1, 0.15) is 54.9 Å². The lowest BCUT2D eigenvalue weighted by atomic mass is 9.86. The van der Waals surface area contributed by atoms with Crippen molar-refractivity contribution >= 4 is 11.5 Å². The van der Waals surface area contributed by atoms with Crippen LogP contribution < -0.4 is 0 Å². The molecule has 156 valence electrons. The van der Waals surface area contributed by atoms with Crippen molar-refractivity contribution in [3.8, 4) is 6.07 Å². The second-order valence-corrected chi connectivity index (χ2v) is 7.72. The predicted molar refractivity (Wildman–Crippen MR) is 123 cm³/mol. The van der Waals surface area contributed by atoms with Gasteiger partial charge in [-0.05, 0) is 80.1 Å². The van der Waals surface area contributed by atoms with Gasteiger partial charge in [0.25, 0.3) is 0 Å². The van der Waals surface area contributed by atoms with Crippen LogP contribution in [-0.2, 0) is 11.4 Å². The molecule has 4 heteroatoms. The maximum Gasteiger partial charge on any atom is 0.215 e. The highest BCUT2D eigenvalue weighted by Gasteiger charge is 2.24. The number of benzene rings is 3. The Kier molecular flexibility index (Phi) is 6.67. The van der Waals surface area contributed by atoms with Crippen molar-refractivity contribution in [1.82, 2.24) is 0 Å². The van der Waals surface area contributed by atoms with Crippen LogP contribution in [0.5, 0.6) is 0 Å². The second-order valence-electron chi connectivity index (χ2n) is 7.72. The zero-order chi connectivity index (χ0) is 22.5. The Labute approximate surface area is 183 Å². The molecule has 0 aliphatic heterocycles. The summed E-state index contributed by atoms with van der Waals surface area (Å²) in [6.45, 7) is 10.3. The molecule has 31 heavy (non-hydrogen) atoms. The Morgan fingerprint density at radius 2 is 1.48 bits per heavy atom. The minimum atomic E-state index is -0.154. The highest BCUT2D eigenvalue weighted by molar-refractivity contribution is 6.51. The molecule has 0 aliphatic carbocycles. The Morgan fingerprint density at radius 1 is 0.871 bits per heavy atom. The second kappa shape index (κ2) is 9.40. The molecule has 0 fully saturated rings. The number of ketones is 1. The number of carbonyl (C=O) groups is 1. The molecule has 0 aliphatic rings. The molecule has 3 aromatic rings. The van der Waals surface area contributed by atoms with E-state index in [-0.39, 0.29) is 18.1 Å². The molecule has 0 spiro atoms. The van der Waals surface area contributed by atoms with Gasteiger partial charge in [-0.15, -0.1) is 0 Å². The van der Waals surface area contributed by atoms with E-state index in [1.54, 1.807) is 18.2 Å². The molecule has 0 atom stereocenters. The molecule has 0 saturated carbocycles. The molecule has 0 heterocycles. The lowest BCUT2D eigenvalue weighted by Gasteiger charge is -2.18. The highest BCUT2D eigenvalue weighted by Crippen LogP contribution is 2.27. The van der Waals surface area contributed by atoms with Gasteiger partial charge in [0.2, 0.25) is 5.78 Å². The van der Waals surface area contributed by atoms with Gasteiger partial charge in [-0.25, -0.2) is 0 Å². The van der Waals surface area contributed by atoms with Gasteiger partial charge in [-0.3, -0.25) is 4.79 Å². The minimum Gasteiger partial charge on any atom is -0.390 e. The topological polar surface area (TPSA) is 62.4 Å². The lowest BCUT2D eigenvalue weighted by molar-refractivity contribution is 0.103.